The largest absolute Gasteiger partial charge is 0.358 e. The van der Waals surface area contributed by atoms with Crippen molar-refractivity contribution < 1.29 is 4.79 Å². The highest BCUT2D eigenvalue weighted by Crippen LogP contribution is 2.29. The Labute approximate surface area is 168 Å². The summed E-state index contributed by atoms with van der Waals surface area (Å²) in [6.07, 6.45) is 1.78. The van der Waals surface area contributed by atoms with E-state index in [2.05, 4.69) is 15.3 Å². The third-order valence-corrected chi connectivity index (χ3v) is 5.17. The number of nitrogens with one attached hydrogen (secondary N) is 2. The number of ketones is 1. The molecule has 29 heavy (non-hydrogen) atoms. The molecule has 0 unspecified atom stereocenters. The maximum absolute atomic E-state index is 13.5. The monoisotopic (exact) mass is 377 g/mol. The van der Waals surface area contributed by atoms with Gasteiger partial charge in [0.1, 0.15) is 0 Å². The third kappa shape index (κ3) is 3.05. The summed E-state index contributed by atoms with van der Waals surface area (Å²) in [5.74, 6) is 0.00510. The van der Waals surface area contributed by atoms with E-state index in [1.54, 1.807) is 6.20 Å². The molecule has 0 atom stereocenters. The van der Waals surface area contributed by atoms with Crippen LogP contribution in [0.5, 0.6) is 0 Å². The zero-order chi connectivity index (χ0) is 19.8. The van der Waals surface area contributed by atoms with E-state index in [0.717, 1.165) is 44.4 Å². The first kappa shape index (κ1) is 17.2. The molecule has 2 aromatic heterocycles. The van der Waals surface area contributed by atoms with Gasteiger partial charge in [0.15, 0.2) is 5.78 Å². The van der Waals surface area contributed by atoms with Crippen molar-refractivity contribution in [2.75, 3.05) is 5.32 Å². The van der Waals surface area contributed by atoms with E-state index in [9.17, 15) is 4.79 Å². The number of pyridine rings is 1. The Morgan fingerprint density at radius 2 is 1.76 bits per heavy atom. The maximum Gasteiger partial charge on any atom is 0.197 e. The molecular weight excluding hydrogens is 358 g/mol. The van der Waals surface area contributed by atoms with E-state index in [0.29, 0.717) is 5.56 Å². The van der Waals surface area contributed by atoms with Crippen molar-refractivity contribution in [1.82, 2.24) is 9.97 Å². The predicted octanol–water partition coefficient (Wildman–Crippen LogP) is 6.00. The lowest BCUT2D eigenvalue weighted by molar-refractivity contribution is 0.104. The normalized spacial score (nSPS) is 11.1. The minimum atomic E-state index is 0.00510. The zero-order valence-corrected chi connectivity index (χ0v) is 15.9. The van der Waals surface area contributed by atoms with Crippen LogP contribution in [0.3, 0.4) is 0 Å². The third-order valence-electron chi connectivity index (χ3n) is 5.17. The lowest BCUT2D eigenvalue weighted by Crippen LogP contribution is -2.06. The first-order valence-electron chi connectivity index (χ1n) is 9.53. The fourth-order valence-corrected chi connectivity index (χ4v) is 3.80. The molecule has 0 saturated heterocycles. The molecule has 0 saturated carbocycles. The number of carbonyl (C=O) groups is 1. The smallest absolute Gasteiger partial charge is 0.197 e. The lowest BCUT2D eigenvalue weighted by Gasteiger charge is -2.12. The van der Waals surface area contributed by atoms with Crippen molar-refractivity contribution in [2.45, 2.75) is 6.92 Å². The molecule has 0 aliphatic carbocycles. The van der Waals surface area contributed by atoms with Crippen LogP contribution in [0.4, 0.5) is 11.4 Å². The number of aromatic amines is 1. The minimum Gasteiger partial charge on any atom is -0.358 e. The number of nitrogens with zero attached hydrogens (tertiary/aromatic N) is 1. The van der Waals surface area contributed by atoms with E-state index >= 15 is 0 Å². The number of aryl methyl sites for hydroxylation is 1. The average Bonchev–Trinajstić information content (AvgIpc) is 3.09. The Hall–Kier alpha value is -3.92. The molecule has 0 bridgehead atoms. The number of hydrogen-bond donors (Lipinski definition) is 2. The fourth-order valence-electron chi connectivity index (χ4n) is 3.80. The molecule has 0 aliphatic rings. The van der Waals surface area contributed by atoms with Crippen LogP contribution in [0, 0.1) is 6.92 Å². The van der Waals surface area contributed by atoms with Crippen LogP contribution in [-0.4, -0.2) is 15.8 Å². The van der Waals surface area contributed by atoms with Crippen molar-refractivity contribution in [1.29, 1.82) is 0 Å². The topological polar surface area (TPSA) is 57.8 Å². The van der Waals surface area contributed by atoms with Crippen LogP contribution in [0.25, 0.3) is 21.8 Å². The van der Waals surface area contributed by atoms with Gasteiger partial charge in [-0.05, 0) is 49.4 Å². The molecule has 5 rings (SSSR count). The molecule has 5 aromatic rings. The van der Waals surface area contributed by atoms with Crippen LogP contribution >= 0.6 is 0 Å². The lowest BCUT2D eigenvalue weighted by atomic mass is 9.99. The second kappa shape index (κ2) is 6.91. The summed E-state index contributed by atoms with van der Waals surface area (Å²) in [4.78, 5) is 21.2. The summed E-state index contributed by atoms with van der Waals surface area (Å²) in [7, 11) is 0. The minimum absolute atomic E-state index is 0.00510. The highest BCUT2D eigenvalue weighted by Gasteiger charge is 2.20. The zero-order valence-electron chi connectivity index (χ0n) is 15.9. The first-order chi connectivity index (χ1) is 14.2. The van der Waals surface area contributed by atoms with Gasteiger partial charge in [0.2, 0.25) is 0 Å². The number of benzene rings is 3. The molecule has 0 amide bonds. The van der Waals surface area contributed by atoms with E-state index in [1.165, 1.54) is 0 Å². The van der Waals surface area contributed by atoms with Crippen molar-refractivity contribution in [3.05, 3.63) is 102 Å². The standard InChI is InChI=1S/C25H19N3O/c1-16-24(19-8-2-4-10-22(19)27-16)25(29)20-9-3-5-11-23(20)28-18-12-13-21-17(15-18)7-6-14-26-21/h2-15,27-28H,1H3. The van der Waals surface area contributed by atoms with Crippen LogP contribution in [-0.2, 0) is 0 Å². The summed E-state index contributed by atoms with van der Waals surface area (Å²) < 4.78 is 0. The summed E-state index contributed by atoms with van der Waals surface area (Å²) >= 11 is 0. The number of rotatable bonds is 4. The molecule has 4 heteroatoms. The molecule has 2 heterocycles. The van der Waals surface area contributed by atoms with Crippen molar-refractivity contribution in [3.63, 3.8) is 0 Å². The van der Waals surface area contributed by atoms with Gasteiger partial charge in [-0.15, -0.1) is 0 Å². The summed E-state index contributed by atoms with van der Waals surface area (Å²) in [6.45, 7) is 1.94. The summed E-state index contributed by atoms with van der Waals surface area (Å²) in [5.41, 5.74) is 5.86. The Morgan fingerprint density at radius 3 is 2.69 bits per heavy atom. The maximum atomic E-state index is 13.5. The van der Waals surface area contributed by atoms with Gasteiger partial charge in [0.25, 0.3) is 0 Å². The highest BCUT2D eigenvalue weighted by molar-refractivity contribution is 6.19. The molecule has 0 spiro atoms. The van der Waals surface area contributed by atoms with Gasteiger partial charge >= 0.3 is 0 Å². The number of para-hydroxylation sites is 2. The van der Waals surface area contributed by atoms with Crippen LogP contribution in [0.1, 0.15) is 21.6 Å². The molecule has 0 radical (unpaired) electrons. The Morgan fingerprint density at radius 1 is 0.931 bits per heavy atom. The van der Waals surface area contributed by atoms with E-state index in [-0.39, 0.29) is 5.78 Å². The van der Waals surface area contributed by atoms with Crippen LogP contribution in [0.15, 0.2) is 85.1 Å². The molecule has 140 valence electrons. The molecule has 0 fully saturated rings. The number of fused-ring (bicyclic) bond motifs is 2. The second-order valence-corrected chi connectivity index (χ2v) is 7.08. The van der Waals surface area contributed by atoms with Gasteiger partial charge < -0.3 is 10.3 Å². The van der Waals surface area contributed by atoms with Gasteiger partial charge in [-0.3, -0.25) is 9.78 Å². The van der Waals surface area contributed by atoms with Crippen LogP contribution < -0.4 is 5.32 Å². The molecule has 4 nitrogen and oxygen atoms in total. The number of H-pyrrole nitrogens is 1. The van der Waals surface area contributed by atoms with Crippen molar-refractivity contribution in [2.24, 2.45) is 0 Å². The van der Waals surface area contributed by atoms with Gasteiger partial charge in [-0.25, -0.2) is 0 Å². The Bertz CT molecular complexity index is 1370. The van der Waals surface area contributed by atoms with Gasteiger partial charge in [0, 0.05) is 45.1 Å². The quantitative estimate of drug-likeness (QED) is 0.378. The summed E-state index contributed by atoms with van der Waals surface area (Å²) in [5, 5.41) is 5.41. The Kier molecular flexibility index (Phi) is 4.10. The van der Waals surface area contributed by atoms with Gasteiger partial charge in [-0.2, -0.15) is 0 Å². The van der Waals surface area contributed by atoms with Gasteiger partial charge in [0.05, 0.1) is 11.1 Å². The first-order valence-corrected chi connectivity index (χ1v) is 9.53. The predicted molar refractivity (Wildman–Crippen MR) is 118 cm³/mol. The Balaban J connectivity index is 1.56. The average molecular weight is 377 g/mol. The van der Waals surface area contributed by atoms with E-state index in [1.807, 2.05) is 85.8 Å². The number of hydrogen-bond acceptors (Lipinski definition) is 3. The van der Waals surface area contributed by atoms with Crippen molar-refractivity contribution >= 4 is 39.0 Å². The molecule has 2 N–H and O–H groups in total. The van der Waals surface area contributed by atoms with Crippen LogP contribution in [0.2, 0.25) is 0 Å². The molecule has 3 aromatic carbocycles. The van der Waals surface area contributed by atoms with Crippen molar-refractivity contribution in [3.8, 4) is 0 Å². The van der Waals surface area contributed by atoms with E-state index < -0.39 is 0 Å². The number of aromatic nitrogens is 2. The molecule has 0 aliphatic heterocycles. The second-order valence-electron chi connectivity index (χ2n) is 7.08. The fraction of sp³-hybridized carbons (Fsp3) is 0.0400. The number of anilines is 2. The highest BCUT2D eigenvalue weighted by atomic mass is 16.1. The number of carbonyl (C=O) groups excluding carboxylic acids is 1. The van der Waals surface area contributed by atoms with E-state index in [4.69, 9.17) is 0 Å². The molecular formula is C25H19N3O. The SMILES string of the molecule is Cc1[nH]c2ccccc2c1C(=O)c1ccccc1Nc1ccc2ncccc2c1. The van der Waals surface area contributed by atoms with Gasteiger partial charge in [-0.1, -0.05) is 36.4 Å². The summed E-state index contributed by atoms with van der Waals surface area (Å²) in [6, 6.07) is 25.5.